The van der Waals surface area contributed by atoms with Crippen molar-refractivity contribution in [1.29, 1.82) is 5.26 Å². The predicted octanol–water partition coefficient (Wildman–Crippen LogP) is 5.22. The van der Waals surface area contributed by atoms with Gasteiger partial charge in [-0.05, 0) is 55.5 Å². The van der Waals surface area contributed by atoms with Crippen LogP contribution in [0, 0.1) is 11.3 Å². The average Bonchev–Trinajstić information content (AvgIpc) is 3.16. The summed E-state index contributed by atoms with van der Waals surface area (Å²) in [6, 6.07) is 14.3. The van der Waals surface area contributed by atoms with E-state index in [1.54, 1.807) is 36.4 Å². The van der Waals surface area contributed by atoms with Crippen LogP contribution >= 0.6 is 11.6 Å². The van der Waals surface area contributed by atoms with Crippen LogP contribution in [0.3, 0.4) is 0 Å². The lowest BCUT2D eigenvalue weighted by molar-refractivity contribution is 0.336. The summed E-state index contributed by atoms with van der Waals surface area (Å²) in [5.74, 6) is -0.00196. The summed E-state index contributed by atoms with van der Waals surface area (Å²) in [6.07, 6.45) is 1.73. The number of allylic oxidation sites excluding steroid dienone is 1. The van der Waals surface area contributed by atoms with Crippen LogP contribution in [-0.2, 0) is 0 Å². The molecule has 0 unspecified atom stereocenters. The van der Waals surface area contributed by atoms with Gasteiger partial charge in [0, 0.05) is 27.4 Å². The summed E-state index contributed by atoms with van der Waals surface area (Å²) in [4.78, 5) is 8.87. The molecule has 0 atom stereocenters. The second-order valence-corrected chi connectivity index (χ2v) is 6.25. The zero-order valence-corrected chi connectivity index (χ0v) is 14.4. The molecule has 1 aliphatic rings. The minimum atomic E-state index is -0.278. The lowest BCUT2D eigenvalue weighted by Gasteiger charge is -2.01. The van der Waals surface area contributed by atoms with Crippen LogP contribution in [0.2, 0.25) is 5.02 Å². The number of aromatic hydroxyl groups is 1. The second-order valence-electron chi connectivity index (χ2n) is 5.82. The quantitative estimate of drug-likeness (QED) is 0.678. The second kappa shape index (κ2) is 6.17. The maximum atomic E-state index is 10.2. The van der Waals surface area contributed by atoms with E-state index in [1.165, 1.54) is 0 Å². The smallest absolute Gasteiger partial charge is 0.310 e. The summed E-state index contributed by atoms with van der Waals surface area (Å²) in [5.41, 5.74) is 4.87. The summed E-state index contributed by atoms with van der Waals surface area (Å²) in [7, 11) is 0. The van der Waals surface area contributed by atoms with Crippen molar-refractivity contribution in [2.45, 2.75) is 6.92 Å². The highest BCUT2D eigenvalue weighted by Gasteiger charge is 2.20. The van der Waals surface area contributed by atoms with Crippen LogP contribution < -0.4 is 0 Å². The number of nitrogens with zero attached hydrogens (tertiary/aromatic N) is 3. The Kier molecular flexibility index (Phi) is 3.83. The maximum Gasteiger partial charge on any atom is 0.310 e. The first-order valence-corrected chi connectivity index (χ1v) is 8.20. The lowest BCUT2D eigenvalue weighted by atomic mass is 10.0. The molecule has 0 spiro atoms. The monoisotopic (exact) mass is 361 g/mol. The van der Waals surface area contributed by atoms with Gasteiger partial charge in [-0.2, -0.15) is 5.26 Å². The molecule has 0 fully saturated rings. The molecule has 0 saturated heterocycles. The van der Waals surface area contributed by atoms with Crippen molar-refractivity contribution in [3.05, 3.63) is 64.3 Å². The molecule has 1 N–H and O–H groups in total. The molecule has 5 nitrogen and oxygen atoms in total. The van der Waals surface area contributed by atoms with Crippen molar-refractivity contribution in [2.24, 2.45) is 4.99 Å². The van der Waals surface area contributed by atoms with Crippen LogP contribution in [0.4, 0.5) is 5.69 Å². The highest BCUT2D eigenvalue weighted by atomic mass is 35.5. The molecule has 0 radical (unpaired) electrons. The number of oxazole rings is 1. The molecule has 0 bridgehead atoms. The van der Waals surface area contributed by atoms with E-state index in [1.807, 2.05) is 19.1 Å². The van der Waals surface area contributed by atoms with E-state index in [4.69, 9.17) is 21.3 Å². The minimum absolute atomic E-state index is 0.276. The third kappa shape index (κ3) is 2.77. The first-order valence-electron chi connectivity index (χ1n) is 7.83. The van der Waals surface area contributed by atoms with Gasteiger partial charge in [-0.3, -0.25) is 4.99 Å². The van der Waals surface area contributed by atoms with Crippen LogP contribution in [0.25, 0.3) is 23.1 Å². The van der Waals surface area contributed by atoms with Crippen molar-refractivity contribution in [2.75, 3.05) is 0 Å². The Morgan fingerprint density at radius 1 is 1.19 bits per heavy atom. The fraction of sp³-hybridized carbons (Fsp3) is 0.0500. The van der Waals surface area contributed by atoms with E-state index in [0.717, 1.165) is 22.5 Å². The topological polar surface area (TPSA) is 82.4 Å². The number of hydrogen-bond donors (Lipinski definition) is 1. The Morgan fingerprint density at radius 2 is 1.96 bits per heavy atom. The van der Waals surface area contributed by atoms with Crippen molar-refractivity contribution < 1.29 is 9.52 Å². The standard InChI is InChI=1S/C20H12ClN3O2/c1-11-15(16-8-14(21)6-7-17(16)23-11)9-18-20(25)26-19(24-18)13-4-2-12(10-22)3-5-13/h2-9,25H,1H3/b15-9+. The highest BCUT2D eigenvalue weighted by molar-refractivity contribution is 6.34. The molecular weight excluding hydrogens is 350 g/mol. The third-order valence-corrected chi connectivity index (χ3v) is 4.34. The number of aromatic nitrogens is 1. The molecule has 2 heterocycles. The van der Waals surface area contributed by atoms with Gasteiger partial charge in [0.05, 0.1) is 17.3 Å². The van der Waals surface area contributed by atoms with Gasteiger partial charge in [0.15, 0.2) is 0 Å². The number of rotatable bonds is 2. The van der Waals surface area contributed by atoms with E-state index in [0.29, 0.717) is 21.8 Å². The largest absolute Gasteiger partial charge is 0.479 e. The van der Waals surface area contributed by atoms with Gasteiger partial charge >= 0.3 is 5.95 Å². The Labute approximate surface area is 154 Å². The lowest BCUT2D eigenvalue weighted by Crippen LogP contribution is -1.90. The van der Waals surface area contributed by atoms with Crippen molar-refractivity contribution >= 4 is 34.6 Å². The first-order chi connectivity index (χ1) is 12.5. The highest BCUT2D eigenvalue weighted by Crippen LogP contribution is 2.38. The Hall–Kier alpha value is -3.36. The van der Waals surface area contributed by atoms with Crippen LogP contribution in [-0.4, -0.2) is 15.8 Å². The number of fused-ring (bicyclic) bond motifs is 1. The summed E-state index contributed by atoms with van der Waals surface area (Å²) in [6.45, 7) is 1.89. The van der Waals surface area contributed by atoms with Crippen LogP contribution in [0.1, 0.15) is 23.7 Å². The van der Waals surface area contributed by atoms with Crippen molar-refractivity contribution in [3.8, 4) is 23.5 Å². The van der Waals surface area contributed by atoms with Gasteiger partial charge in [-0.25, -0.2) is 4.98 Å². The molecule has 3 aromatic rings. The third-order valence-electron chi connectivity index (χ3n) is 4.10. The molecule has 126 valence electrons. The average molecular weight is 362 g/mol. The van der Waals surface area contributed by atoms with Gasteiger partial charge in [-0.1, -0.05) is 11.6 Å². The van der Waals surface area contributed by atoms with Crippen molar-refractivity contribution in [1.82, 2.24) is 4.98 Å². The van der Waals surface area contributed by atoms with Crippen LogP contribution in [0.5, 0.6) is 5.95 Å². The molecule has 0 saturated carbocycles. The predicted molar refractivity (Wildman–Crippen MR) is 100 cm³/mol. The molecule has 0 aliphatic carbocycles. The van der Waals surface area contributed by atoms with E-state index in [-0.39, 0.29) is 11.8 Å². The molecule has 2 aromatic carbocycles. The Bertz CT molecular complexity index is 1120. The minimum Gasteiger partial charge on any atom is -0.479 e. The Morgan fingerprint density at radius 3 is 2.69 bits per heavy atom. The first kappa shape index (κ1) is 16.1. The van der Waals surface area contributed by atoms with Gasteiger partial charge < -0.3 is 9.52 Å². The molecule has 1 aliphatic heterocycles. The zero-order chi connectivity index (χ0) is 18.3. The number of hydrogen-bond acceptors (Lipinski definition) is 5. The maximum absolute atomic E-state index is 10.2. The molecular formula is C20H12ClN3O2. The Balaban J connectivity index is 1.75. The van der Waals surface area contributed by atoms with Crippen LogP contribution in [0.15, 0.2) is 51.9 Å². The number of benzene rings is 2. The molecule has 4 rings (SSSR count). The van der Waals surface area contributed by atoms with E-state index in [2.05, 4.69) is 16.0 Å². The van der Waals surface area contributed by atoms with Gasteiger partial charge in [-0.15, -0.1) is 0 Å². The zero-order valence-electron chi connectivity index (χ0n) is 13.7. The molecule has 0 amide bonds. The summed E-state index contributed by atoms with van der Waals surface area (Å²) < 4.78 is 5.38. The molecule has 26 heavy (non-hydrogen) atoms. The van der Waals surface area contributed by atoms with Crippen molar-refractivity contribution in [3.63, 3.8) is 0 Å². The van der Waals surface area contributed by atoms with Gasteiger partial charge in [0.1, 0.15) is 5.69 Å². The molecule has 1 aromatic heterocycles. The summed E-state index contributed by atoms with van der Waals surface area (Å²) >= 11 is 6.09. The molecule has 6 heteroatoms. The normalized spacial score (nSPS) is 14.2. The van der Waals surface area contributed by atoms with E-state index < -0.39 is 0 Å². The van der Waals surface area contributed by atoms with E-state index >= 15 is 0 Å². The fourth-order valence-electron chi connectivity index (χ4n) is 2.80. The number of nitriles is 1. The number of aliphatic imine (C=N–C) groups is 1. The van der Waals surface area contributed by atoms with E-state index in [9.17, 15) is 5.11 Å². The SMILES string of the molecule is CC1=Nc2ccc(Cl)cc2/C1=C/c1nc(-c2ccc(C#N)cc2)oc1O. The fourth-order valence-corrected chi connectivity index (χ4v) is 2.98. The van der Waals surface area contributed by atoms with Gasteiger partial charge in [0.2, 0.25) is 5.89 Å². The number of halogens is 1. The van der Waals surface area contributed by atoms with Gasteiger partial charge in [0.25, 0.3) is 0 Å². The summed E-state index contributed by atoms with van der Waals surface area (Å²) in [5, 5.41) is 19.6.